The van der Waals surface area contributed by atoms with Gasteiger partial charge in [0.25, 0.3) is 5.91 Å². The molecule has 1 amide bonds. The van der Waals surface area contributed by atoms with E-state index in [0.717, 1.165) is 18.2 Å². The van der Waals surface area contributed by atoms with Gasteiger partial charge in [0.15, 0.2) is 0 Å². The van der Waals surface area contributed by atoms with Gasteiger partial charge in [-0.05, 0) is 30.2 Å². The van der Waals surface area contributed by atoms with E-state index in [4.69, 9.17) is 12.2 Å². The minimum Gasteiger partial charge on any atom is -0.480 e. The Labute approximate surface area is 161 Å². The molecule has 1 heterocycles. The average Bonchev–Trinajstić information content (AvgIpc) is 2.89. The van der Waals surface area contributed by atoms with Crippen LogP contribution >= 0.6 is 24.0 Å². The number of carboxylic acids is 1. The lowest BCUT2D eigenvalue weighted by Crippen LogP contribution is -2.43. The van der Waals surface area contributed by atoms with Gasteiger partial charge in [-0.3, -0.25) is 9.69 Å². The summed E-state index contributed by atoms with van der Waals surface area (Å²) in [5.74, 6) is -1.90. The van der Waals surface area contributed by atoms with Crippen LogP contribution < -0.4 is 0 Å². The molecule has 0 bridgehead atoms. The number of ether oxygens (including phenoxy) is 1. The number of thioether (sulfide) groups is 1. The highest BCUT2D eigenvalue weighted by Gasteiger charge is 2.40. The standard InChI is InChI=1S/C18H19NO5S2/c1-3-4-5-13(16(21)22)19-15(20)14(26-18(19)25)10-11-6-8-12(9-7-11)17(23)24-2/h6-10,13H,3-5H2,1-2H3,(H,21,22)/b14-10-/t13-/m1/s1. The molecule has 2 rings (SSSR count). The molecule has 8 heteroatoms. The predicted octanol–water partition coefficient (Wildman–Crippen LogP) is 3.32. The molecule has 0 saturated carbocycles. The van der Waals surface area contributed by atoms with E-state index < -0.39 is 23.9 Å². The first kappa shape index (κ1) is 20.1. The van der Waals surface area contributed by atoms with Crippen molar-refractivity contribution in [2.45, 2.75) is 32.2 Å². The molecule has 1 aromatic rings. The highest BCUT2D eigenvalue weighted by molar-refractivity contribution is 8.26. The van der Waals surface area contributed by atoms with Crippen LogP contribution in [0.3, 0.4) is 0 Å². The first-order chi connectivity index (χ1) is 12.4. The summed E-state index contributed by atoms with van der Waals surface area (Å²) in [5.41, 5.74) is 1.11. The van der Waals surface area contributed by atoms with Crippen LogP contribution in [0.25, 0.3) is 6.08 Å². The number of amides is 1. The van der Waals surface area contributed by atoms with Gasteiger partial charge in [0.2, 0.25) is 0 Å². The van der Waals surface area contributed by atoms with E-state index in [9.17, 15) is 19.5 Å². The molecule has 1 aliphatic rings. The van der Waals surface area contributed by atoms with Crippen molar-refractivity contribution in [3.63, 3.8) is 0 Å². The maximum absolute atomic E-state index is 12.7. The Morgan fingerprint density at radius 1 is 1.35 bits per heavy atom. The third kappa shape index (κ3) is 4.50. The van der Waals surface area contributed by atoms with Crippen molar-refractivity contribution in [3.8, 4) is 0 Å². The van der Waals surface area contributed by atoms with Crippen LogP contribution in [0.1, 0.15) is 42.1 Å². The summed E-state index contributed by atoms with van der Waals surface area (Å²) >= 11 is 6.31. The van der Waals surface area contributed by atoms with E-state index in [1.54, 1.807) is 30.3 Å². The highest BCUT2D eigenvalue weighted by Crippen LogP contribution is 2.35. The van der Waals surface area contributed by atoms with Gasteiger partial charge in [-0.15, -0.1) is 0 Å². The Morgan fingerprint density at radius 3 is 2.54 bits per heavy atom. The Hall–Kier alpha value is -2.19. The number of esters is 1. The van der Waals surface area contributed by atoms with Crippen LogP contribution in [0.5, 0.6) is 0 Å². The molecule has 1 aromatic carbocycles. The second-order valence-electron chi connectivity index (χ2n) is 5.66. The third-order valence-electron chi connectivity index (χ3n) is 3.88. The lowest BCUT2D eigenvalue weighted by Gasteiger charge is -2.22. The van der Waals surface area contributed by atoms with Crippen molar-refractivity contribution in [3.05, 3.63) is 40.3 Å². The first-order valence-electron chi connectivity index (χ1n) is 8.07. The second-order valence-corrected chi connectivity index (χ2v) is 7.34. The van der Waals surface area contributed by atoms with E-state index >= 15 is 0 Å². The zero-order chi connectivity index (χ0) is 19.3. The molecule has 0 aromatic heterocycles. The van der Waals surface area contributed by atoms with E-state index in [1.165, 1.54) is 12.0 Å². The molecule has 0 aliphatic carbocycles. The van der Waals surface area contributed by atoms with E-state index in [-0.39, 0.29) is 4.32 Å². The zero-order valence-corrected chi connectivity index (χ0v) is 16.1. The minimum absolute atomic E-state index is 0.246. The van der Waals surface area contributed by atoms with Crippen LogP contribution in [-0.4, -0.2) is 45.3 Å². The zero-order valence-electron chi connectivity index (χ0n) is 14.4. The molecule has 1 atom stereocenters. The number of hydrogen-bond acceptors (Lipinski definition) is 6. The molecule has 0 unspecified atom stereocenters. The smallest absolute Gasteiger partial charge is 0.337 e. The van der Waals surface area contributed by atoms with Crippen LogP contribution in [-0.2, 0) is 14.3 Å². The number of methoxy groups -OCH3 is 1. The van der Waals surface area contributed by atoms with Crippen molar-refractivity contribution in [2.75, 3.05) is 7.11 Å². The summed E-state index contributed by atoms with van der Waals surface area (Å²) in [6.07, 6.45) is 3.53. The minimum atomic E-state index is -1.06. The topological polar surface area (TPSA) is 83.9 Å². The highest BCUT2D eigenvalue weighted by atomic mass is 32.2. The number of carbonyl (C=O) groups is 3. The third-order valence-corrected chi connectivity index (χ3v) is 5.21. The van der Waals surface area contributed by atoms with Gasteiger partial charge in [0.1, 0.15) is 10.4 Å². The molecule has 0 radical (unpaired) electrons. The van der Waals surface area contributed by atoms with Crippen molar-refractivity contribution in [1.29, 1.82) is 0 Å². The molecular formula is C18H19NO5S2. The number of aliphatic carboxylic acids is 1. The number of nitrogens with zero attached hydrogens (tertiary/aromatic N) is 1. The number of thiocarbonyl (C=S) groups is 1. The second kappa shape index (κ2) is 8.95. The van der Waals surface area contributed by atoms with Gasteiger partial charge < -0.3 is 9.84 Å². The van der Waals surface area contributed by atoms with E-state index in [0.29, 0.717) is 28.9 Å². The Kier molecular flexibility index (Phi) is 6.93. The Bertz CT molecular complexity index is 757. The molecule has 1 fully saturated rings. The van der Waals surface area contributed by atoms with Gasteiger partial charge >= 0.3 is 11.9 Å². The average molecular weight is 393 g/mol. The maximum Gasteiger partial charge on any atom is 0.337 e. The number of hydrogen-bond donors (Lipinski definition) is 1. The molecule has 1 N–H and O–H groups in total. The molecule has 138 valence electrons. The van der Waals surface area contributed by atoms with Gasteiger partial charge in [-0.1, -0.05) is 55.9 Å². The number of rotatable bonds is 7. The molecule has 1 aliphatic heterocycles. The van der Waals surface area contributed by atoms with Crippen LogP contribution in [0, 0.1) is 0 Å². The van der Waals surface area contributed by atoms with Crippen molar-refractivity contribution >= 4 is 52.2 Å². The van der Waals surface area contributed by atoms with E-state index in [1.807, 2.05) is 6.92 Å². The van der Waals surface area contributed by atoms with Crippen molar-refractivity contribution in [1.82, 2.24) is 4.90 Å². The molecule has 26 heavy (non-hydrogen) atoms. The molecular weight excluding hydrogens is 374 g/mol. The van der Waals surface area contributed by atoms with Crippen LogP contribution in [0.2, 0.25) is 0 Å². The van der Waals surface area contributed by atoms with E-state index in [2.05, 4.69) is 4.74 Å². The maximum atomic E-state index is 12.7. The quantitative estimate of drug-likeness (QED) is 0.432. The lowest BCUT2D eigenvalue weighted by atomic mass is 10.1. The SMILES string of the molecule is CCCC[C@H](C(=O)O)N1C(=O)/C(=C/c2ccc(C(=O)OC)cc2)SC1=S. The fourth-order valence-corrected chi connectivity index (χ4v) is 3.85. The Morgan fingerprint density at radius 2 is 2.00 bits per heavy atom. The summed E-state index contributed by atoms with van der Waals surface area (Å²) in [6, 6.07) is 5.62. The number of benzene rings is 1. The van der Waals surface area contributed by atoms with Crippen LogP contribution in [0.4, 0.5) is 0 Å². The molecule has 6 nitrogen and oxygen atoms in total. The Balaban J connectivity index is 2.22. The summed E-state index contributed by atoms with van der Waals surface area (Å²) < 4.78 is 4.89. The normalized spacial score (nSPS) is 16.8. The first-order valence-corrected chi connectivity index (χ1v) is 9.29. The lowest BCUT2D eigenvalue weighted by molar-refractivity contribution is -0.145. The fraction of sp³-hybridized carbons (Fsp3) is 0.333. The number of carbonyl (C=O) groups excluding carboxylic acids is 2. The van der Waals surface area contributed by atoms with Crippen LogP contribution in [0.15, 0.2) is 29.2 Å². The number of unbranched alkanes of at least 4 members (excludes halogenated alkanes) is 1. The molecule has 0 spiro atoms. The summed E-state index contributed by atoms with van der Waals surface area (Å²) in [5, 5.41) is 9.45. The van der Waals surface area contributed by atoms with Gasteiger partial charge in [-0.25, -0.2) is 9.59 Å². The van der Waals surface area contributed by atoms with Gasteiger partial charge in [0, 0.05) is 0 Å². The summed E-state index contributed by atoms with van der Waals surface area (Å²) in [7, 11) is 1.30. The summed E-state index contributed by atoms with van der Waals surface area (Å²) in [6.45, 7) is 1.96. The molecule has 1 saturated heterocycles. The number of carboxylic acid groups (broad SMARTS) is 1. The van der Waals surface area contributed by atoms with Crippen molar-refractivity contribution in [2.24, 2.45) is 0 Å². The predicted molar refractivity (Wildman–Crippen MR) is 104 cm³/mol. The fourth-order valence-electron chi connectivity index (χ4n) is 2.49. The summed E-state index contributed by atoms with van der Waals surface area (Å²) in [4.78, 5) is 37.2. The van der Waals surface area contributed by atoms with Gasteiger partial charge in [0.05, 0.1) is 17.6 Å². The monoisotopic (exact) mass is 393 g/mol. The van der Waals surface area contributed by atoms with Crippen molar-refractivity contribution < 1.29 is 24.2 Å². The van der Waals surface area contributed by atoms with Gasteiger partial charge in [-0.2, -0.15) is 0 Å². The largest absolute Gasteiger partial charge is 0.480 e.